The maximum atomic E-state index is 11.4. The van der Waals surface area contributed by atoms with Gasteiger partial charge in [-0.15, -0.1) is 11.5 Å². The van der Waals surface area contributed by atoms with Crippen LogP contribution in [-0.4, -0.2) is 12.4 Å². The van der Waals surface area contributed by atoms with E-state index in [9.17, 15) is 10.2 Å². The fourth-order valence-corrected chi connectivity index (χ4v) is 2.81. The summed E-state index contributed by atoms with van der Waals surface area (Å²) in [5.41, 5.74) is 3.15. The van der Waals surface area contributed by atoms with Crippen LogP contribution in [0.2, 0.25) is 0 Å². The number of hydrogen-bond donors (Lipinski definition) is 0. The predicted octanol–water partition coefficient (Wildman–Crippen LogP) is 4.76. The Morgan fingerprint density at radius 2 is 0.886 bits per heavy atom. The van der Waals surface area contributed by atoms with Gasteiger partial charge in [-0.1, -0.05) is 72.8 Å². The Morgan fingerprint density at radius 3 is 1.26 bits per heavy atom. The molecule has 0 amide bonds. The quantitative estimate of drug-likeness (QED) is 0.293. The fraction of sp³-hybridized carbons (Fsp3) is 0. The van der Waals surface area contributed by atoms with Gasteiger partial charge in [0.15, 0.2) is 0 Å². The minimum atomic E-state index is -0.0781. The third kappa shape index (κ3) is 7.70. The van der Waals surface area contributed by atoms with Crippen LogP contribution in [-0.2, 0) is 17.1 Å². The first-order chi connectivity index (χ1) is 16.6. The van der Waals surface area contributed by atoms with Crippen LogP contribution in [0.5, 0.6) is 11.5 Å². The zero-order chi connectivity index (χ0) is 24.2. The van der Waals surface area contributed by atoms with Gasteiger partial charge < -0.3 is 10.2 Å². The molecule has 0 atom stereocenters. The summed E-state index contributed by atoms with van der Waals surface area (Å²) in [7, 11) is 0. The molecule has 6 nitrogen and oxygen atoms in total. The molecular formula is C28H18CuN4O2. The van der Waals surface area contributed by atoms with Crippen LogP contribution in [0.15, 0.2) is 107 Å². The fourth-order valence-electron chi connectivity index (χ4n) is 2.81. The Morgan fingerprint density at radius 1 is 0.543 bits per heavy atom. The molecule has 0 aliphatic carbocycles. The van der Waals surface area contributed by atoms with E-state index in [2.05, 4.69) is 22.1 Å². The third-order valence-electron chi connectivity index (χ3n) is 4.57. The van der Waals surface area contributed by atoms with Gasteiger partial charge in [0.05, 0.1) is 22.5 Å². The van der Waals surface area contributed by atoms with Gasteiger partial charge in [0, 0.05) is 12.4 Å². The van der Waals surface area contributed by atoms with Crippen LogP contribution < -0.4 is 10.2 Å². The van der Waals surface area contributed by atoms with Crippen molar-refractivity contribution in [2.24, 2.45) is 9.98 Å². The first-order valence-corrected chi connectivity index (χ1v) is 10.2. The molecule has 4 aromatic carbocycles. The molecule has 0 spiro atoms. The first kappa shape index (κ1) is 26.6. The molecular weight excluding hydrogens is 488 g/mol. The van der Waals surface area contributed by atoms with Crippen LogP contribution in [0, 0.1) is 22.7 Å². The zero-order valence-corrected chi connectivity index (χ0v) is 19.2. The molecule has 0 fully saturated rings. The van der Waals surface area contributed by atoms with E-state index in [1.165, 1.54) is 24.6 Å². The number of aliphatic imine (C=N–C) groups is 2. The molecule has 0 unspecified atom stereocenters. The van der Waals surface area contributed by atoms with Crippen molar-refractivity contribution >= 4 is 23.8 Å². The van der Waals surface area contributed by atoms with Crippen LogP contribution in [0.25, 0.3) is 0 Å². The molecule has 4 rings (SSSR count). The molecule has 0 saturated carbocycles. The molecule has 0 bridgehead atoms. The molecule has 0 aliphatic rings. The number of nitriles is 2. The van der Waals surface area contributed by atoms with E-state index in [4.69, 9.17) is 10.5 Å². The first-order valence-electron chi connectivity index (χ1n) is 10.2. The van der Waals surface area contributed by atoms with Crippen molar-refractivity contribution in [3.05, 3.63) is 119 Å². The van der Waals surface area contributed by atoms with Crippen LogP contribution in [0.1, 0.15) is 22.3 Å². The number of benzene rings is 4. The molecule has 1 radical (unpaired) electrons. The van der Waals surface area contributed by atoms with Crippen molar-refractivity contribution in [1.82, 2.24) is 0 Å². The molecule has 0 aromatic heterocycles. The predicted molar refractivity (Wildman–Crippen MR) is 129 cm³/mol. The van der Waals surface area contributed by atoms with Crippen molar-refractivity contribution in [3.63, 3.8) is 0 Å². The summed E-state index contributed by atoms with van der Waals surface area (Å²) in [4.78, 5) is 8.32. The number of nitrogens with zero attached hydrogens (tertiary/aromatic N) is 4. The summed E-state index contributed by atoms with van der Waals surface area (Å²) in [6, 6.07) is 31.4. The van der Waals surface area contributed by atoms with Crippen LogP contribution >= 0.6 is 0 Å². The molecule has 0 heterocycles. The van der Waals surface area contributed by atoms with Crippen LogP contribution in [0.3, 0.4) is 0 Å². The van der Waals surface area contributed by atoms with E-state index in [-0.39, 0.29) is 28.6 Å². The van der Waals surface area contributed by atoms with E-state index < -0.39 is 0 Å². The molecule has 0 N–H and O–H groups in total. The monoisotopic (exact) mass is 505 g/mol. The van der Waals surface area contributed by atoms with E-state index >= 15 is 0 Å². The SMILES string of the molecule is N#Cc1ccccc1N=Cc1ccccc1[O-].N#Cc1ccccc1N=Cc1ccccc1[O-].[Cu+2]. The zero-order valence-electron chi connectivity index (χ0n) is 18.3. The Hall–Kier alpha value is -4.68. The van der Waals surface area contributed by atoms with Gasteiger partial charge in [-0.2, -0.15) is 10.5 Å². The van der Waals surface area contributed by atoms with Gasteiger partial charge in [0.25, 0.3) is 0 Å². The second-order valence-corrected chi connectivity index (χ2v) is 6.85. The average Bonchev–Trinajstić information content (AvgIpc) is 2.88. The molecule has 0 aliphatic heterocycles. The molecule has 4 aromatic rings. The maximum Gasteiger partial charge on any atom is 2.00 e. The van der Waals surface area contributed by atoms with E-state index in [0.29, 0.717) is 33.6 Å². The van der Waals surface area contributed by atoms with Crippen molar-refractivity contribution in [1.29, 1.82) is 10.5 Å². The standard InChI is InChI=1S/2C14H10N2O.Cu/c2*15-9-11-5-1-3-7-13(11)16-10-12-6-2-4-8-14(12)17;/h2*1-8,10,17H;/q;;+2/p-2. The maximum absolute atomic E-state index is 11.4. The van der Waals surface area contributed by atoms with Crippen molar-refractivity contribution in [2.45, 2.75) is 0 Å². The number of para-hydroxylation sites is 4. The summed E-state index contributed by atoms with van der Waals surface area (Å²) in [6.45, 7) is 0. The second-order valence-electron chi connectivity index (χ2n) is 6.85. The Balaban J connectivity index is 0.000000240. The van der Waals surface area contributed by atoms with E-state index in [1.807, 2.05) is 0 Å². The Bertz CT molecular complexity index is 1310. The summed E-state index contributed by atoms with van der Waals surface area (Å²) in [6.07, 6.45) is 2.97. The van der Waals surface area contributed by atoms with Gasteiger partial charge in [0.1, 0.15) is 12.1 Å². The summed E-state index contributed by atoms with van der Waals surface area (Å²) in [5, 5.41) is 40.6. The number of hydrogen-bond acceptors (Lipinski definition) is 6. The molecule has 35 heavy (non-hydrogen) atoms. The summed E-state index contributed by atoms with van der Waals surface area (Å²) in [5.74, 6) is -0.156. The summed E-state index contributed by atoms with van der Waals surface area (Å²) < 4.78 is 0. The van der Waals surface area contributed by atoms with Gasteiger partial charge >= 0.3 is 17.1 Å². The largest absolute Gasteiger partial charge is 2.00 e. The Labute approximate surface area is 214 Å². The minimum Gasteiger partial charge on any atom is -0.872 e. The number of rotatable bonds is 4. The van der Waals surface area contributed by atoms with E-state index in [0.717, 1.165) is 0 Å². The van der Waals surface area contributed by atoms with Crippen molar-refractivity contribution < 1.29 is 27.3 Å². The smallest absolute Gasteiger partial charge is 0.872 e. The average molecular weight is 506 g/mol. The molecule has 0 saturated heterocycles. The van der Waals surface area contributed by atoms with Crippen molar-refractivity contribution in [3.8, 4) is 23.6 Å². The molecule has 7 heteroatoms. The van der Waals surface area contributed by atoms with Crippen LogP contribution in [0.4, 0.5) is 11.4 Å². The van der Waals surface area contributed by atoms with Gasteiger partial charge in [-0.3, -0.25) is 9.98 Å². The topological polar surface area (TPSA) is 118 Å². The summed E-state index contributed by atoms with van der Waals surface area (Å²) >= 11 is 0. The minimum absolute atomic E-state index is 0. The van der Waals surface area contributed by atoms with Gasteiger partial charge in [-0.05, 0) is 35.4 Å². The second kappa shape index (κ2) is 13.8. The molecule has 173 valence electrons. The van der Waals surface area contributed by atoms with E-state index in [1.54, 1.807) is 84.9 Å². The van der Waals surface area contributed by atoms with Gasteiger partial charge in [-0.25, -0.2) is 0 Å². The van der Waals surface area contributed by atoms with Gasteiger partial charge in [0.2, 0.25) is 0 Å². The van der Waals surface area contributed by atoms with Crippen molar-refractivity contribution in [2.75, 3.05) is 0 Å². The normalized spacial score (nSPS) is 10.0. The third-order valence-corrected chi connectivity index (χ3v) is 4.57. The Kier molecular flexibility index (Phi) is 10.5.